The molecule has 1 aromatic heterocycles. The summed E-state index contributed by atoms with van der Waals surface area (Å²) in [6.07, 6.45) is 3.91. The Kier molecular flexibility index (Phi) is 4.44. The summed E-state index contributed by atoms with van der Waals surface area (Å²) in [6, 6.07) is 14.6. The van der Waals surface area contributed by atoms with Gasteiger partial charge in [-0.05, 0) is 42.3 Å². The van der Waals surface area contributed by atoms with Crippen LogP contribution in [0, 0.1) is 0 Å². The molecular formula is C17H16N4O2. The largest absolute Gasteiger partial charge is 0.396 e. The molecule has 0 fully saturated rings. The van der Waals surface area contributed by atoms with E-state index in [9.17, 15) is 4.79 Å². The third-order valence-electron chi connectivity index (χ3n) is 3.41. The van der Waals surface area contributed by atoms with Crippen molar-refractivity contribution in [3.05, 3.63) is 72.1 Å². The first-order chi connectivity index (χ1) is 11.3. The van der Waals surface area contributed by atoms with Crippen molar-refractivity contribution >= 4 is 11.6 Å². The van der Waals surface area contributed by atoms with Crippen molar-refractivity contribution in [3.8, 4) is 5.69 Å². The summed E-state index contributed by atoms with van der Waals surface area (Å²) in [6.45, 7) is 0.112. The van der Waals surface area contributed by atoms with Crippen LogP contribution in [-0.2, 0) is 6.42 Å². The van der Waals surface area contributed by atoms with Gasteiger partial charge in [-0.3, -0.25) is 4.79 Å². The molecule has 0 radical (unpaired) electrons. The van der Waals surface area contributed by atoms with Gasteiger partial charge in [-0.15, -0.1) is 5.10 Å². The molecule has 3 aromatic rings. The molecule has 0 saturated heterocycles. The summed E-state index contributed by atoms with van der Waals surface area (Å²) in [5.74, 6) is -0.193. The molecule has 0 aliphatic carbocycles. The fourth-order valence-electron chi connectivity index (χ4n) is 2.22. The quantitative estimate of drug-likeness (QED) is 0.756. The fourth-order valence-corrected chi connectivity index (χ4v) is 2.22. The monoisotopic (exact) mass is 308 g/mol. The maximum Gasteiger partial charge on any atom is 0.255 e. The third-order valence-corrected chi connectivity index (χ3v) is 3.41. The minimum atomic E-state index is -0.193. The van der Waals surface area contributed by atoms with E-state index in [0.29, 0.717) is 17.7 Å². The van der Waals surface area contributed by atoms with Gasteiger partial charge in [-0.25, -0.2) is 4.68 Å². The molecule has 1 heterocycles. The number of benzene rings is 2. The van der Waals surface area contributed by atoms with Crippen LogP contribution in [0.3, 0.4) is 0 Å². The second-order valence-corrected chi connectivity index (χ2v) is 5.02. The van der Waals surface area contributed by atoms with Gasteiger partial charge in [-0.1, -0.05) is 23.4 Å². The predicted octanol–water partition coefficient (Wildman–Crippen LogP) is 2.05. The van der Waals surface area contributed by atoms with Crippen LogP contribution in [0.25, 0.3) is 5.69 Å². The van der Waals surface area contributed by atoms with E-state index in [2.05, 4.69) is 15.6 Å². The highest BCUT2D eigenvalue weighted by Crippen LogP contribution is 2.14. The van der Waals surface area contributed by atoms with Crippen molar-refractivity contribution in [1.82, 2.24) is 15.0 Å². The van der Waals surface area contributed by atoms with Crippen molar-refractivity contribution < 1.29 is 9.90 Å². The number of hydrogen-bond acceptors (Lipinski definition) is 4. The van der Waals surface area contributed by atoms with Crippen LogP contribution >= 0.6 is 0 Å². The number of carbonyl (C=O) groups excluding carboxylic acids is 1. The molecule has 0 aliphatic rings. The predicted molar refractivity (Wildman–Crippen MR) is 86.5 cm³/mol. The zero-order chi connectivity index (χ0) is 16.1. The highest BCUT2D eigenvalue weighted by molar-refractivity contribution is 6.04. The molecule has 6 nitrogen and oxygen atoms in total. The molecule has 0 spiro atoms. The van der Waals surface area contributed by atoms with Crippen LogP contribution in [0.4, 0.5) is 5.69 Å². The average Bonchev–Trinajstić information content (AvgIpc) is 3.12. The molecule has 0 unspecified atom stereocenters. The Hall–Kier alpha value is -2.99. The Morgan fingerprint density at radius 2 is 2.00 bits per heavy atom. The number of aromatic nitrogens is 3. The van der Waals surface area contributed by atoms with Gasteiger partial charge in [0.1, 0.15) is 0 Å². The van der Waals surface area contributed by atoms with Gasteiger partial charge >= 0.3 is 0 Å². The highest BCUT2D eigenvalue weighted by Gasteiger charge is 2.08. The molecule has 3 rings (SSSR count). The van der Waals surface area contributed by atoms with Gasteiger partial charge < -0.3 is 10.4 Å². The summed E-state index contributed by atoms with van der Waals surface area (Å²) in [5.41, 5.74) is 3.05. The zero-order valence-corrected chi connectivity index (χ0v) is 12.4. The lowest BCUT2D eigenvalue weighted by molar-refractivity contribution is 0.102. The van der Waals surface area contributed by atoms with Gasteiger partial charge in [0.2, 0.25) is 0 Å². The maximum atomic E-state index is 12.4. The minimum Gasteiger partial charge on any atom is -0.396 e. The van der Waals surface area contributed by atoms with E-state index in [1.54, 1.807) is 35.3 Å². The number of rotatable bonds is 5. The molecule has 2 aromatic carbocycles. The Morgan fingerprint density at radius 1 is 1.17 bits per heavy atom. The smallest absolute Gasteiger partial charge is 0.255 e. The Bertz CT molecular complexity index is 783. The van der Waals surface area contributed by atoms with E-state index in [-0.39, 0.29) is 12.5 Å². The normalized spacial score (nSPS) is 10.5. The first-order valence-corrected chi connectivity index (χ1v) is 7.24. The van der Waals surface area contributed by atoms with E-state index < -0.39 is 0 Å². The van der Waals surface area contributed by atoms with Crippen molar-refractivity contribution in [2.45, 2.75) is 6.42 Å². The zero-order valence-electron chi connectivity index (χ0n) is 12.4. The SMILES string of the molecule is O=C(Nc1ccc(CCO)cc1)c1cccc(-n2ccnn2)c1. The highest BCUT2D eigenvalue weighted by atomic mass is 16.3. The summed E-state index contributed by atoms with van der Waals surface area (Å²) >= 11 is 0. The lowest BCUT2D eigenvalue weighted by atomic mass is 10.1. The maximum absolute atomic E-state index is 12.4. The number of aliphatic hydroxyl groups is 1. The number of hydrogen-bond donors (Lipinski definition) is 2. The Labute approximate surface area is 133 Å². The molecule has 116 valence electrons. The van der Waals surface area contributed by atoms with Crippen molar-refractivity contribution in [1.29, 1.82) is 0 Å². The molecule has 0 saturated carbocycles. The van der Waals surface area contributed by atoms with E-state index >= 15 is 0 Å². The van der Waals surface area contributed by atoms with E-state index in [1.807, 2.05) is 30.3 Å². The van der Waals surface area contributed by atoms with Crippen molar-refractivity contribution in [2.75, 3.05) is 11.9 Å². The Balaban J connectivity index is 1.74. The van der Waals surface area contributed by atoms with Gasteiger partial charge in [0.25, 0.3) is 5.91 Å². The van der Waals surface area contributed by atoms with Crippen LogP contribution in [0.2, 0.25) is 0 Å². The van der Waals surface area contributed by atoms with Crippen molar-refractivity contribution in [2.24, 2.45) is 0 Å². The summed E-state index contributed by atoms with van der Waals surface area (Å²) in [4.78, 5) is 12.4. The first kappa shape index (κ1) is 14.9. The van der Waals surface area contributed by atoms with Gasteiger partial charge in [0.15, 0.2) is 0 Å². The first-order valence-electron chi connectivity index (χ1n) is 7.24. The van der Waals surface area contributed by atoms with Gasteiger partial charge in [0.05, 0.1) is 18.1 Å². The molecule has 23 heavy (non-hydrogen) atoms. The number of carbonyl (C=O) groups is 1. The average molecular weight is 308 g/mol. The third kappa shape index (κ3) is 3.61. The number of anilines is 1. The number of nitrogens with one attached hydrogen (secondary N) is 1. The summed E-state index contributed by atoms with van der Waals surface area (Å²) < 4.78 is 1.60. The minimum absolute atomic E-state index is 0.112. The lowest BCUT2D eigenvalue weighted by Crippen LogP contribution is -2.12. The second kappa shape index (κ2) is 6.85. The van der Waals surface area contributed by atoms with Crippen LogP contribution in [0.15, 0.2) is 60.9 Å². The number of nitrogens with zero attached hydrogens (tertiary/aromatic N) is 3. The topological polar surface area (TPSA) is 80.0 Å². The van der Waals surface area contributed by atoms with Crippen LogP contribution in [0.5, 0.6) is 0 Å². The number of amides is 1. The molecule has 0 bridgehead atoms. The number of aliphatic hydroxyl groups excluding tert-OH is 1. The molecule has 0 aliphatic heterocycles. The molecular weight excluding hydrogens is 292 g/mol. The fraction of sp³-hybridized carbons (Fsp3) is 0.118. The van der Waals surface area contributed by atoms with Crippen LogP contribution < -0.4 is 5.32 Å². The van der Waals surface area contributed by atoms with Crippen LogP contribution in [0.1, 0.15) is 15.9 Å². The standard InChI is InChI=1S/C17H16N4O2/c22-11-8-13-4-6-15(7-5-13)19-17(23)14-2-1-3-16(12-14)21-10-9-18-20-21/h1-7,9-10,12,22H,8,11H2,(H,19,23). The molecule has 6 heteroatoms. The van der Waals surface area contributed by atoms with Gasteiger partial charge in [-0.2, -0.15) is 0 Å². The summed E-state index contributed by atoms with van der Waals surface area (Å²) in [7, 11) is 0. The molecule has 2 N–H and O–H groups in total. The van der Waals surface area contributed by atoms with E-state index in [0.717, 1.165) is 11.3 Å². The van der Waals surface area contributed by atoms with Crippen LogP contribution in [-0.4, -0.2) is 32.6 Å². The molecule has 1 amide bonds. The van der Waals surface area contributed by atoms with E-state index in [4.69, 9.17) is 5.11 Å². The molecule has 0 atom stereocenters. The Morgan fingerprint density at radius 3 is 2.70 bits per heavy atom. The van der Waals surface area contributed by atoms with Crippen molar-refractivity contribution in [3.63, 3.8) is 0 Å². The lowest BCUT2D eigenvalue weighted by Gasteiger charge is -2.08. The summed E-state index contributed by atoms with van der Waals surface area (Å²) in [5, 5.41) is 19.4. The second-order valence-electron chi connectivity index (χ2n) is 5.02. The van der Waals surface area contributed by atoms with Gasteiger partial charge in [0, 0.05) is 17.9 Å². The van der Waals surface area contributed by atoms with E-state index in [1.165, 1.54) is 0 Å².